The van der Waals surface area contributed by atoms with Crippen LogP contribution in [0.1, 0.15) is 21.7 Å². The first-order valence-corrected chi connectivity index (χ1v) is 6.18. The number of carboxylic acids is 1. The molecule has 0 bridgehead atoms. The third-order valence-corrected chi connectivity index (χ3v) is 3.21. The molecule has 106 valence electrons. The van der Waals surface area contributed by atoms with Gasteiger partial charge in [-0.2, -0.15) is 5.10 Å². The van der Waals surface area contributed by atoms with Crippen molar-refractivity contribution in [3.8, 4) is 11.3 Å². The third kappa shape index (κ3) is 2.12. The zero-order valence-corrected chi connectivity index (χ0v) is 11.3. The zero-order valence-electron chi connectivity index (χ0n) is 11.3. The molecule has 0 aromatic carbocycles. The number of nitrogens with zero attached hydrogens (tertiary/aromatic N) is 4. The summed E-state index contributed by atoms with van der Waals surface area (Å²) >= 11 is 0. The van der Waals surface area contributed by atoms with Crippen molar-refractivity contribution in [2.24, 2.45) is 0 Å². The Morgan fingerprint density at radius 1 is 1.29 bits per heavy atom. The first-order valence-electron chi connectivity index (χ1n) is 6.18. The second kappa shape index (κ2) is 4.62. The van der Waals surface area contributed by atoms with E-state index < -0.39 is 11.8 Å². The molecule has 1 N–H and O–H groups in total. The molecule has 0 aliphatic carbocycles. The first kappa shape index (κ1) is 13.2. The van der Waals surface area contributed by atoms with Gasteiger partial charge in [0.2, 0.25) is 0 Å². The number of carboxylic acid groups (broad SMARTS) is 1. The number of hydrogen-bond donors (Lipinski definition) is 1. The molecule has 3 aromatic heterocycles. The fourth-order valence-electron chi connectivity index (χ4n) is 2.17. The molecule has 0 saturated carbocycles. The molecule has 0 unspecified atom stereocenters. The summed E-state index contributed by atoms with van der Waals surface area (Å²) in [6.45, 7) is 3.52. The summed E-state index contributed by atoms with van der Waals surface area (Å²) in [6, 6.07) is 3.05. The Hall–Kier alpha value is -2.83. The Kier molecular flexibility index (Phi) is 2.90. The minimum absolute atomic E-state index is 0.00182. The minimum Gasteiger partial charge on any atom is -0.477 e. The summed E-state index contributed by atoms with van der Waals surface area (Å²) in [6.07, 6.45) is 2.38. The van der Waals surface area contributed by atoms with Gasteiger partial charge in [-0.15, -0.1) is 0 Å². The molecule has 3 aromatic rings. The van der Waals surface area contributed by atoms with Gasteiger partial charge in [0, 0.05) is 17.0 Å². The van der Waals surface area contributed by atoms with E-state index in [2.05, 4.69) is 15.1 Å². The van der Waals surface area contributed by atoms with Crippen LogP contribution in [0.3, 0.4) is 0 Å². The summed E-state index contributed by atoms with van der Waals surface area (Å²) in [5, 5.41) is 13.2. The third-order valence-electron chi connectivity index (χ3n) is 3.21. The molecule has 3 rings (SSSR count). The monoisotopic (exact) mass is 286 g/mol. The smallest absolute Gasteiger partial charge is 0.341 e. The lowest BCUT2D eigenvalue weighted by atomic mass is 10.1. The van der Waals surface area contributed by atoms with Crippen LogP contribution in [0.25, 0.3) is 16.9 Å². The standard InChI is InChI=1S/C14H11FN4O2/c1-7-3-12(10-4-9(15)5-16-8(10)2)18-13-11(14(20)21)6-17-19(7)13/h3-6H,1-2H3,(H,20,21). The summed E-state index contributed by atoms with van der Waals surface area (Å²) < 4.78 is 14.8. The molecule has 6 nitrogen and oxygen atoms in total. The van der Waals surface area contributed by atoms with Gasteiger partial charge in [0.1, 0.15) is 11.4 Å². The van der Waals surface area contributed by atoms with E-state index in [1.165, 1.54) is 16.8 Å². The molecule has 3 heterocycles. The van der Waals surface area contributed by atoms with E-state index in [1.807, 2.05) is 0 Å². The molecule has 0 atom stereocenters. The molecule has 7 heteroatoms. The van der Waals surface area contributed by atoms with Crippen LogP contribution in [0.2, 0.25) is 0 Å². The van der Waals surface area contributed by atoms with E-state index in [0.717, 1.165) is 6.20 Å². The van der Waals surface area contributed by atoms with Crippen LogP contribution in [-0.2, 0) is 0 Å². The summed E-state index contributed by atoms with van der Waals surface area (Å²) in [4.78, 5) is 19.4. The van der Waals surface area contributed by atoms with Gasteiger partial charge in [-0.1, -0.05) is 0 Å². The molecule has 0 aliphatic heterocycles. The maximum absolute atomic E-state index is 13.4. The van der Waals surface area contributed by atoms with Crippen LogP contribution < -0.4 is 0 Å². The molecular formula is C14H11FN4O2. The van der Waals surface area contributed by atoms with Crippen LogP contribution in [0.4, 0.5) is 4.39 Å². The van der Waals surface area contributed by atoms with Crippen molar-refractivity contribution < 1.29 is 14.3 Å². The lowest BCUT2D eigenvalue weighted by Crippen LogP contribution is -2.02. The van der Waals surface area contributed by atoms with E-state index in [9.17, 15) is 9.18 Å². The highest BCUT2D eigenvalue weighted by Gasteiger charge is 2.16. The minimum atomic E-state index is -1.11. The molecule has 21 heavy (non-hydrogen) atoms. The zero-order chi connectivity index (χ0) is 15.1. The lowest BCUT2D eigenvalue weighted by molar-refractivity contribution is 0.0699. The number of aryl methyl sites for hydroxylation is 2. The van der Waals surface area contributed by atoms with Gasteiger partial charge in [0.15, 0.2) is 5.65 Å². The molecule has 0 radical (unpaired) electrons. The number of aromatic carboxylic acids is 1. The molecule has 0 aliphatic rings. The Bertz CT molecular complexity index is 873. The largest absolute Gasteiger partial charge is 0.477 e. The van der Waals surface area contributed by atoms with Gasteiger partial charge in [-0.25, -0.2) is 18.7 Å². The highest BCUT2D eigenvalue weighted by Crippen LogP contribution is 2.23. The first-order chi connectivity index (χ1) is 9.97. The van der Waals surface area contributed by atoms with E-state index in [1.54, 1.807) is 19.9 Å². The van der Waals surface area contributed by atoms with Crippen molar-refractivity contribution in [3.63, 3.8) is 0 Å². The van der Waals surface area contributed by atoms with E-state index >= 15 is 0 Å². The summed E-state index contributed by atoms with van der Waals surface area (Å²) in [5.74, 6) is -1.58. The van der Waals surface area contributed by atoms with Crippen molar-refractivity contribution in [2.75, 3.05) is 0 Å². The number of fused-ring (bicyclic) bond motifs is 1. The van der Waals surface area contributed by atoms with E-state index in [4.69, 9.17) is 5.11 Å². The normalized spacial score (nSPS) is 11.0. The highest BCUT2D eigenvalue weighted by molar-refractivity contribution is 5.94. The van der Waals surface area contributed by atoms with Crippen LogP contribution in [0.5, 0.6) is 0 Å². The van der Waals surface area contributed by atoms with Gasteiger partial charge < -0.3 is 5.11 Å². The van der Waals surface area contributed by atoms with Crippen LogP contribution in [0, 0.1) is 19.7 Å². The fraction of sp³-hybridized carbons (Fsp3) is 0.143. The molecular weight excluding hydrogens is 275 g/mol. The number of hydrogen-bond acceptors (Lipinski definition) is 4. The molecule has 0 amide bonds. The van der Waals surface area contributed by atoms with Crippen molar-refractivity contribution in [1.82, 2.24) is 19.6 Å². The Morgan fingerprint density at radius 3 is 2.76 bits per heavy atom. The van der Waals surface area contributed by atoms with E-state index in [0.29, 0.717) is 22.6 Å². The van der Waals surface area contributed by atoms with Gasteiger partial charge >= 0.3 is 5.97 Å². The van der Waals surface area contributed by atoms with Gasteiger partial charge in [0.05, 0.1) is 18.1 Å². The number of halogens is 1. The lowest BCUT2D eigenvalue weighted by Gasteiger charge is -2.07. The average Bonchev–Trinajstić information content (AvgIpc) is 2.86. The van der Waals surface area contributed by atoms with Crippen molar-refractivity contribution in [3.05, 3.63) is 47.3 Å². The predicted molar refractivity (Wildman–Crippen MR) is 72.6 cm³/mol. The SMILES string of the molecule is Cc1ncc(F)cc1-c1cc(C)n2ncc(C(=O)O)c2n1. The number of carbonyl (C=O) groups is 1. The second-order valence-corrected chi connectivity index (χ2v) is 4.67. The van der Waals surface area contributed by atoms with Crippen molar-refractivity contribution >= 4 is 11.6 Å². The van der Waals surface area contributed by atoms with Gasteiger partial charge in [0.25, 0.3) is 0 Å². The Morgan fingerprint density at radius 2 is 2.05 bits per heavy atom. The van der Waals surface area contributed by atoms with E-state index in [-0.39, 0.29) is 11.2 Å². The maximum Gasteiger partial charge on any atom is 0.341 e. The average molecular weight is 286 g/mol. The van der Waals surface area contributed by atoms with Crippen LogP contribution in [0.15, 0.2) is 24.5 Å². The number of rotatable bonds is 2. The van der Waals surface area contributed by atoms with Gasteiger partial charge in [-0.05, 0) is 26.0 Å². The fourth-order valence-corrected chi connectivity index (χ4v) is 2.17. The van der Waals surface area contributed by atoms with Crippen molar-refractivity contribution in [2.45, 2.75) is 13.8 Å². The predicted octanol–water partition coefficient (Wildman–Crippen LogP) is 2.25. The second-order valence-electron chi connectivity index (χ2n) is 4.67. The van der Waals surface area contributed by atoms with Gasteiger partial charge in [-0.3, -0.25) is 4.98 Å². The Balaban J connectivity index is 2.31. The summed E-state index contributed by atoms with van der Waals surface area (Å²) in [7, 11) is 0. The number of aromatic nitrogens is 4. The molecule has 0 fully saturated rings. The highest BCUT2D eigenvalue weighted by atomic mass is 19.1. The quantitative estimate of drug-likeness (QED) is 0.781. The molecule has 0 saturated heterocycles. The van der Waals surface area contributed by atoms with Crippen LogP contribution in [-0.4, -0.2) is 30.7 Å². The van der Waals surface area contributed by atoms with Crippen molar-refractivity contribution in [1.29, 1.82) is 0 Å². The maximum atomic E-state index is 13.4. The molecule has 0 spiro atoms. The topological polar surface area (TPSA) is 80.4 Å². The number of pyridine rings is 1. The Labute approximate surface area is 118 Å². The summed E-state index contributed by atoms with van der Waals surface area (Å²) in [5.41, 5.74) is 2.53. The van der Waals surface area contributed by atoms with Crippen LogP contribution >= 0.6 is 0 Å².